The summed E-state index contributed by atoms with van der Waals surface area (Å²) in [5.41, 5.74) is 1.86. The monoisotopic (exact) mass is 348 g/mol. The molecule has 0 bridgehead atoms. The zero-order valence-corrected chi connectivity index (χ0v) is 12.3. The molecule has 2 aromatic carbocycles. The van der Waals surface area contributed by atoms with E-state index in [0.29, 0.717) is 6.07 Å². The van der Waals surface area contributed by atoms with Crippen molar-refractivity contribution in [2.24, 2.45) is 0 Å². The molecule has 25 heavy (non-hydrogen) atoms. The summed E-state index contributed by atoms with van der Waals surface area (Å²) in [5, 5.41) is 17.4. The van der Waals surface area contributed by atoms with Crippen LogP contribution >= 0.6 is 0 Å². The van der Waals surface area contributed by atoms with Crippen LogP contribution in [-0.4, -0.2) is 5.91 Å². The quantitative estimate of drug-likeness (QED) is 0.658. The Kier molecular flexibility index (Phi) is 4.89. The van der Waals surface area contributed by atoms with E-state index in [2.05, 4.69) is 5.43 Å². The second kappa shape index (κ2) is 6.89. The van der Waals surface area contributed by atoms with Gasteiger partial charge in [0.1, 0.15) is 11.9 Å². The Morgan fingerprint density at radius 3 is 2.36 bits per heavy atom. The van der Waals surface area contributed by atoms with E-state index in [9.17, 15) is 22.4 Å². The third kappa shape index (κ3) is 4.03. The van der Waals surface area contributed by atoms with Gasteiger partial charge < -0.3 is 0 Å². The highest BCUT2D eigenvalue weighted by molar-refractivity contribution is 5.95. The summed E-state index contributed by atoms with van der Waals surface area (Å²) in [5.74, 6) is -1.69. The molecule has 1 amide bonds. The van der Waals surface area contributed by atoms with Crippen LogP contribution < -0.4 is 10.9 Å². The van der Waals surface area contributed by atoms with E-state index in [1.165, 1.54) is 0 Å². The number of anilines is 1. The molecular formula is C16H8F4N4O. The van der Waals surface area contributed by atoms with Gasteiger partial charge in [0.2, 0.25) is 0 Å². The van der Waals surface area contributed by atoms with Crippen LogP contribution in [0.5, 0.6) is 0 Å². The van der Waals surface area contributed by atoms with Gasteiger partial charge in [-0.25, -0.2) is 4.39 Å². The summed E-state index contributed by atoms with van der Waals surface area (Å²) in [7, 11) is 0. The minimum absolute atomic E-state index is 0.118. The number of nitriles is 2. The first-order chi connectivity index (χ1) is 11.8. The largest absolute Gasteiger partial charge is 0.418 e. The highest BCUT2D eigenvalue weighted by Gasteiger charge is 2.34. The Labute approximate surface area is 139 Å². The third-order valence-corrected chi connectivity index (χ3v) is 3.11. The summed E-state index contributed by atoms with van der Waals surface area (Å²) < 4.78 is 52.3. The number of rotatable bonds is 3. The van der Waals surface area contributed by atoms with E-state index in [-0.39, 0.29) is 16.7 Å². The molecule has 5 nitrogen and oxygen atoms in total. The van der Waals surface area contributed by atoms with Crippen molar-refractivity contribution in [3.63, 3.8) is 0 Å². The second-order valence-corrected chi connectivity index (χ2v) is 4.76. The van der Waals surface area contributed by atoms with Gasteiger partial charge in [-0.05, 0) is 36.4 Å². The zero-order chi connectivity index (χ0) is 18.6. The summed E-state index contributed by atoms with van der Waals surface area (Å²) in [4.78, 5) is 11.9. The minimum Gasteiger partial charge on any atom is -0.298 e. The Balaban J connectivity index is 2.23. The highest BCUT2D eigenvalue weighted by Crippen LogP contribution is 2.35. The Bertz CT molecular complexity index is 910. The summed E-state index contributed by atoms with van der Waals surface area (Å²) in [6.45, 7) is 0. The van der Waals surface area contributed by atoms with Crippen molar-refractivity contribution in [3.05, 3.63) is 64.5 Å². The maximum atomic E-state index is 13.2. The number of hydrogen-bond donors (Lipinski definition) is 2. The topological polar surface area (TPSA) is 88.7 Å². The van der Waals surface area contributed by atoms with Crippen molar-refractivity contribution in [2.75, 3.05) is 5.43 Å². The van der Waals surface area contributed by atoms with Gasteiger partial charge in [-0.3, -0.25) is 15.6 Å². The first kappa shape index (κ1) is 17.8. The second-order valence-electron chi connectivity index (χ2n) is 4.76. The Morgan fingerprint density at radius 2 is 1.76 bits per heavy atom. The average molecular weight is 348 g/mol. The van der Waals surface area contributed by atoms with Gasteiger partial charge >= 0.3 is 6.18 Å². The van der Waals surface area contributed by atoms with Gasteiger partial charge in [-0.2, -0.15) is 23.7 Å². The summed E-state index contributed by atoms with van der Waals surface area (Å²) in [6.07, 6.45) is -4.75. The molecule has 0 saturated carbocycles. The summed E-state index contributed by atoms with van der Waals surface area (Å²) in [6, 6.07) is 8.87. The molecule has 2 N–H and O–H groups in total. The van der Waals surface area contributed by atoms with Crippen LogP contribution in [0.1, 0.15) is 27.0 Å². The molecule has 0 heterocycles. The Morgan fingerprint density at radius 1 is 1.04 bits per heavy atom. The van der Waals surface area contributed by atoms with Crippen molar-refractivity contribution in [3.8, 4) is 12.1 Å². The van der Waals surface area contributed by atoms with Gasteiger partial charge in [-0.1, -0.05) is 0 Å². The van der Waals surface area contributed by atoms with E-state index in [1.807, 2.05) is 5.43 Å². The molecule has 0 spiro atoms. The van der Waals surface area contributed by atoms with Crippen LogP contribution in [0.15, 0.2) is 36.4 Å². The SMILES string of the molecule is N#Cc1ccc(NNC(=O)c2ccc(F)c(C#N)c2)c(C(F)(F)F)c1. The molecule has 2 aromatic rings. The summed E-state index contributed by atoms with van der Waals surface area (Å²) >= 11 is 0. The molecule has 0 fully saturated rings. The van der Waals surface area contributed by atoms with Crippen molar-refractivity contribution in [1.82, 2.24) is 5.43 Å². The van der Waals surface area contributed by atoms with Crippen molar-refractivity contribution in [1.29, 1.82) is 10.5 Å². The fourth-order valence-corrected chi connectivity index (χ4v) is 1.91. The molecule has 0 aromatic heterocycles. The first-order valence-corrected chi connectivity index (χ1v) is 6.63. The first-order valence-electron chi connectivity index (χ1n) is 6.63. The lowest BCUT2D eigenvalue weighted by atomic mass is 10.1. The molecule has 0 unspecified atom stereocenters. The smallest absolute Gasteiger partial charge is 0.298 e. The van der Waals surface area contributed by atoms with Crippen molar-refractivity contribution < 1.29 is 22.4 Å². The maximum absolute atomic E-state index is 13.2. The Hall–Kier alpha value is -3.59. The molecule has 0 atom stereocenters. The number of nitrogens with zero attached hydrogens (tertiary/aromatic N) is 2. The number of hydrazine groups is 1. The maximum Gasteiger partial charge on any atom is 0.418 e. The number of carbonyl (C=O) groups is 1. The van der Waals surface area contributed by atoms with Crippen LogP contribution in [-0.2, 0) is 6.18 Å². The van der Waals surface area contributed by atoms with Gasteiger partial charge in [0.05, 0.1) is 28.4 Å². The van der Waals surface area contributed by atoms with Gasteiger partial charge in [0, 0.05) is 5.56 Å². The predicted octanol–water partition coefficient (Wildman–Crippen LogP) is 3.34. The number of hydrogen-bond acceptors (Lipinski definition) is 4. The molecule has 2 rings (SSSR count). The lowest BCUT2D eigenvalue weighted by molar-refractivity contribution is -0.137. The lowest BCUT2D eigenvalue weighted by Gasteiger charge is -2.15. The normalized spacial score (nSPS) is 10.5. The molecule has 0 radical (unpaired) electrons. The van der Waals surface area contributed by atoms with Crippen LogP contribution in [0.3, 0.4) is 0 Å². The van der Waals surface area contributed by atoms with E-state index >= 15 is 0 Å². The van der Waals surface area contributed by atoms with Crippen LogP contribution in [0.2, 0.25) is 0 Å². The van der Waals surface area contributed by atoms with Crippen molar-refractivity contribution in [2.45, 2.75) is 6.18 Å². The molecule has 126 valence electrons. The van der Waals surface area contributed by atoms with Gasteiger partial charge in [-0.15, -0.1) is 0 Å². The molecule has 0 aliphatic rings. The predicted molar refractivity (Wildman–Crippen MR) is 78.4 cm³/mol. The number of amides is 1. The molecule has 9 heteroatoms. The fraction of sp³-hybridized carbons (Fsp3) is 0.0625. The van der Waals surface area contributed by atoms with Crippen molar-refractivity contribution >= 4 is 11.6 Å². The average Bonchev–Trinajstić information content (AvgIpc) is 2.59. The number of halogens is 4. The number of carbonyl (C=O) groups excluding carboxylic acids is 1. The van der Waals surface area contributed by atoms with E-state index in [1.54, 1.807) is 12.1 Å². The van der Waals surface area contributed by atoms with E-state index < -0.39 is 29.2 Å². The lowest BCUT2D eigenvalue weighted by Crippen LogP contribution is -2.30. The van der Waals surface area contributed by atoms with E-state index in [4.69, 9.17) is 10.5 Å². The standard InChI is InChI=1S/C16H8F4N4O/c17-13-3-2-10(6-11(13)8-22)15(25)24-23-14-4-1-9(7-21)5-12(14)16(18,19)20/h1-6,23H,(H,24,25). The third-order valence-electron chi connectivity index (χ3n) is 3.11. The number of nitrogens with one attached hydrogen (secondary N) is 2. The molecule has 0 aliphatic carbocycles. The number of benzene rings is 2. The minimum atomic E-state index is -4.75. The fourth-order valence-electron chi connectivity index (χ4n) is 1.91. The van der Waals surface area contributed by atoms with Gasteiger partial charge in [0.15, 0.2) is 0 Å². The highest BCUT2D eigenvalue weighted by atomic mass is 19.4. The molecular weight excluding hydrogens is 340 g/mol. The van der Waals surface area contributed by atoms with Crippen LogP contribution in [0.4, 0.5) is 23.2 Å². The zero-order valence-electron chi connectivity index (χ0n) is 12.3. The van der Waals surface area contributed by atoms with E-state index in [0.717, 1.165) is 30.3 Å². The molecule has 0 saturated heterocycles. The van der Waals surface area contributed by atoms with Gasteiger partial charge in [0.25, 0.3) is 5.91 Å². The van der Waals surface area contributed by atoms with Crippen LogP contribution in [0, 0.1) is 28.5 Å². The van der Waals surface area contributed by atoms with Crippen LogP contribution in [0.25, 0.3) is 0 Å². The number of alkyl halides is 3. The molecule has 0 aliphatic heterocycles.